The van der Waals surface area contributed by atoms with Gasteiger partial charge in [0.1, 0.15) is 0 Å². The van der Waals surface area contributed by atoms with E-state index in [2.05, 4.69) is 10.4 Å². The van der Waals surface area contributed by atoms with E-state index in [0.717, 1.165) is 12.1 Å². The molecule has 0 atom stereocenters. The molecular weight excluding hydrogens is 393 g/mol. The number of methoxy groups -OCH3 is 1. The molecule has 0 saturated heterocycles. The minimum atomic E-state index is -4.51. The van der Waals surface area contributed by atoms with Crippen molar-refractivity contribution in [1.82, 2.24) is 5.43 Å². The maximum absolute atomic E-state index is 12.7. The summed E-state index contributed by atoms with van der Waals surface area (Å²) < 4.78 is 48.7. The lowest BCUT2D eigenvalue weighted by molar-refractivity contribution is -0.137. The van der Waals surface area contributed by atoms with Crippen LogP contribution >= 0.6 is 0 Å². The van der Waals surface area contributed by atoms with E-state index in [1.54, 1.807) is 6.07 Å². The van der Waals surface area contributed by atoms with Crippen LogP contribution in [0.25, 0.3) is 0 Å². The lowest BCUT2D eigenvalue weighted by Gasteiger charge is -2.12. The summed E-state index contributed by atoms with van der Waals surface area (Å²) in [6, 6.07) is 8.05. The van der Waals surface area contributed by atoms with Crippen molar-refractivity contribution in [3.63, 3.8) is 0 Å². The molecule has 2 rings (SSSR count). The first-order valence-corrected chi connectivity index (χ1v) is 8.05. The van der Waals surface area contributed by atoms with Crippen LogP contribution in [0.5, 0.6) is 11.5 Å². The SMILES string of the molecule is COc1cc(C=NNC(N)=O)ccc1OCC(=O)Nc1cccc(C(F)(F)F)c1. The second kappa shape index (κ2) is 9.44. The third kappa shape index (κ3) is 6.72. The molecule has 0 aliphatic heterocycles. The number of anilines is 1. The number of rotatable bonds is 7. The summed E-state index contributed by atoms with van der Waals surface area (Å²) >= 11 is 0. The average molecular weight is 410 g/mol. The Morgan fingerprint density at radius 2 is 1.93 bits per heavy atom. The lowest BCUT2D eigenvalue weighted by atomic mass is 10.2. The zero-order valence-corrected chi connectivity index (χ0v) is 15.1. The molecular formula is C18H17F3N4O4. The molecule has 0 fully saturated rings. The van der Waals surface area contributed by atoms with Crippen LogP contribution in [0, 0.1) is 0 Å². The van der Waals surface area contributed by atoms with Crippen LogP contribution in [0.1, 0.15) is 11.1 Å². The quantitative estimate of drug-likeness (QED) is 0.481. The Morgan fingerprint density at radius 1 is 1.17 bits per heavy atom. The lowest BCUT2D eigenvalue weighted by Crippen LogP contribution is -2.24. The van der Waals surface area contributed by atoms with Crippen LogP contribution in [0.3, 0.4) is 0 Å². The first-order chi connectivity index (χ1) is 13.7. The Hall–Kier alpha value is -3.76. The minimum absolute atomic E-state index is 0.00565. The highest BCUT2D eigenvalue weighted by molar-refractivity contribution is 5.92. The Morgan fingerprint density at radius 3 is 2.59 bits per heavy atom. The molecule has 0 heterocycles. The predicted octanol–water partition coefficient (Wildman–Crippen LogP) is 2.73. The fourth-order valence-corrected chi connectivity index (χ4v) is 2.17. The minimum Gasteiger partial charge on any atom is -0.493 e. The van der Waals surface area contributed by atoms with Crippen molar-refractivity contribution in [3.8, 4) is 11.5 Å². The fraction of sp³-hybridized carbons (Fsp3) is 0.167. The van der Waals surface area contributed by atoms with Gasteiger partial charge < -0.3 is 20.5 Å². The van der Waals surface area contributed by atoms with E-state index in [4.69, 9.17) is 15.2 Å². The van der Waals surface area contributed by atoms with Gasteiger partial charge in [-0.1, -0.05) is 6.07 Å². The number of primary amides is 1. The molecule has 0 aromatic heterocycles. The summed E-state index contributed by atoms with van der Waals surface area (Å²) in [6.07, 6.45) is -3.19. The van der Waals surface area contributed by atoms with Crippen LogP contribution in [0.15, 0.2) is 47.6 Å². The van der Waals surface area contributed by atoms with E-state index in [1.165, 1.54) is 37.6 Å². The van der Waals surface area contributed by atoms with E-state index in [1.807, 2.05) is 5.43 Å². The first-order valence-electron chi connectivity index (χ1n) is 8.05. The van der Waals surface area contributed by atoms with Gasteiger partial charge in [-0.3, -0.25) is 4.79 Å². The maximum atomic E-state index is 12.7. The normalized spacial score (nSPS) is 11.2. The molecule has 2 aromatic rings. The summed E-state index contributed by atoms with van der Waals surface area (Å²) in [5.41, 5.74) is 6.60. The third-order valence-corrected chi connectivity index (χ3v) is 3.41. The van der Waals surface area contributed by atoms with Crippen molar-refractivity contribution >= 4 is 23.8 Å². The second-order valence-corrected chi connectivity index (χ2v) is 5.56. The largest absolute Gasteiger partial charge is 0.493 e. The zero-order chi connectivity index (χ0) is 21.4. The molecule has 29 heavy (non-hydrogen) atoms. The number of hydrogen-bond donors (Lipinski definition) is 3. The van der Waals surface area contributed by atoms with Crippen LogP contribution < -0.4 is 25.9 Å². The summed E-state index contributed by atoms with van der Waals surface area (Å²) in [7, 11) is 1.38. The molecule has 4 N–H and O–H groups in total. The van der Waals surface area contributed by atoms with Crippen molar-refractivity contribution in [2.45, 2.75) is 6.18 Å². The van der Waals surface area contributed by atoms with Crippen molar-refractivity contribution < 1.29 is 32.2 Å². The number of nitrogens with one attached hydrogen (secondary N) is 2. The number of hydrogen-bond acceptors (Lipinski definition) is 5. The van der Waals surface area contributed by atoms with E-state index in [-0.39, 0.29) is 17.2 Å². The summed E-state index contributed by atoms with van der Waals surface area (Å²) in [5, 5.41) is 5.94. The summed E-state index contributed by atoms with van der Waals surface area (Å²) in [4.78, 5) is 22.6. The van der Waals surface area contributed by atoms with Gasteiger partial charge in [0, 0.05) is 5.69 Å². The molecule has 0 aliphatic rings. The van der Waals surface area contributed by atoms with Gasteiger partial charge in [-0.05, 0) is 42.0 Å². The van der Waals surface area contributed by atoms with E-state index < -0.39 is 30.3 Å². The Kier molecular flexibility index (Phi) is 7.01. The van der Waals surface area contributed by atoms with Gasteiger partial charge in [-0.25, -0.2) is 10.2 Å². The monoisotopic (exact) mass is 410 g/mol. The van der Waals surface area contributed by atoms with Gasteiger partial charge in [0.2, 0.25) is 0 Å². The number of alkyl halides is 3. The highest BCUT2D eigenvalue weighted by Gasteiger charge is 2.30. The topological polar surface area (TPSA) is 115 Å². The van der Waals surface area contributed by atoms with Gasteiger partial charge in [0.05, 0.1) is 18.9 Å². The van der Waals surface area contributed by atoms with Gasteiger partial charge >= 0.3 is 12.2 Å². The number of carbonyl (C=O) groups is 2. The van der Waals surface area contributed by atoms with Crippen molar-refractivity contribution in [3.05, 3.63) is 53.6 Å². The molecule has 3 amide bonds. The van der Waals surface area contributed by atoms with Crippen LogP contribution in [-0.2, 0) is 11.0 Å². The number of nitrogens with two attached hydrogens (primary N) is 1. The van der Waals surface area contributed by atoms with Gasteiger partial charge in [0.15, 0.2) is 18.1 Å². The smallest absolute Gasteiger partial charge is 0.416 e. The number of nitrogens with zero attached hydrogens (tertiary/aromatic N) is 1. The molecule has 0 spiro atoms. The zero-order valence-electron chi connectivity index (χ0n) is 15.1. The molecule has 0 unspecified atom stereocenters. The highest BCUT2D eigenvalue weighted by atomic mass is 19.4. The fourth-order valence-electron chi connectivity index (χ4n) is 2.17. The van der Waals surface area contributed by atoms with Gasteiger partial charge in [0.25, 0.3) is 5.91 Å². The van der Waals surface area contributed by atoms with Gasteiger partial charge in [-0.15, -0.1) is 0 Å². The number of benzene rings is 2. The Bertz CT molecular complexity index is 916. The van der Waals surface area contributed by atoms with Gasteiger partial charge in [-0.2, -0.15) is 18.3 Å². The average Bonchev–Trinajstić information content (AvgIpc) is 2.66. The van der Waals surface area contributed by atoms with Crippen molar-refractivity contribution in [1.29, 1.82) is 0 Å². The predicted molar refractivity (Wildman–Crippen MR) is 98.9 cm³/mol. The number of halogens is 3. The second-order valence-electron chi connectivity index (χ2n) is 5.56. The molecule has 0 saturated carbocycles. The summed E-state index contributed by atoms with van der Waals surface area (Å²) in [6.45, 7) is -0.455. The Balaban J connectivity index is 1.99. The van der Waals surface area contributed by atoms with Crippen molar-refractivity contribution in [2.24, 2.45) is 10.8 Å². The first kappa shape index (κ1) is 21.5. The number of urea groups is 1. The van der Waals surface area contributed by atoms with Crippen LogP contribution in [-0.4, -0.2) is 31.9 Å². The number of hydrazone groups is 1. The van der Waals surface area contributed by atoms with E-state index in [0.29, 0.717) is 5.56 Å². The molecule has 154 valence electrons. The number of carbonyl (C=O) groups excluding carboxylic acids is 2. The maximum Gasteiger partial charge on any atom is 0.416 e. The third-order valence-electron chi connectivity index (χ3n) is 3.41. The van der Waals surface area contributed by atoms with Crippen LogP contribution in [0.2, 0.25) is 0 Å². The molecule has 11 heteroatoms. The molecule has 2 aromatic carbocycles. The highest BCUT2D eigenvalue weighted by Crippen LogP contribution is 2.31. The van der Waals surface area contributed by atoms with Crippen molar-refractivity contribution in [2.75, 3.05) is 19.0 Å². The summed E-state index contributed by atoms with van der Waals surface area (Å²) in [5.74, 6) is -0.144. The Labute approximate surface area is 163 Å². The number of ether oxygens (including phenoxy) is 2. The number of amides is 3. The standard InChI is InChI=1S/C18H17F3N4O4/c1-28-15-7-11(9-23-25-17(22)27)5-6-14(15)29-10-16(26)24-13-4-2-3-12(8-13)18(19,20)21/h2-9H,10H2,1H3,(H,24,26)(H3,22,25,27). The van der Waals surface area contributed by atoms with E-state index in [9.17, 15) is 22.8 Å². The van der Waals surface area contributed by atoms with E-state index >= 15 is 0 Å². The molecule has 0 bridgehead atoms. The molecule has 8 nitrogen and oxygen atoms in total. The molecule has 0 aliphatic carbocycles. The van der Waals surface area contributed by atoms with Crippen LogP contribution in [0.4, 0.5) is 23.7 Å². The molecule has 0 radical (unpaired) electrons.